The van der Waals surface area contributed by atoms with Gasteiger partial charge in [0.15, 0.2) is 0 Å². The van der Waals surface area contributed by atoms with Gasteiger partial charge in [0.05, 0.1) is 37.3 Å². The fraction of sp³-hybridized carbons (Fsp3) is 0.800. The molecular formula is C40H72N10O9S. The molecule has 2 fully saturated rings. The second-order valence-electron chi connectivity index (χ2n) is 16.6. The fourth-order valence-electron chi connectivity index (χ4n) is 6.85. The van der Waals surface area contributed by atoms with Crippen molar-refractivity contribution >= 4 is 59.6 Å². The average molecular weight is 869 g/mol. The van der Waals surface area contributed by atoms with E-state index in [0.29, 0.717) is 56.9 Å². The Balaban J connectivity index is 1.73. The standard InChI is InChI=1S/C40H72N10O9S/c1-8-50(9-2)20-13-12-14-28(46-33(54)23-43-36(56)27(3)45-32(53)22-41-26-51)37(57)44-24-34(55)49-39(4,5)18-21-59-40(6,7)17-19-42-31(52)16-11-10-15-30-35-29(25-60-30)47-38(58)48-35/h26-30,35H,8-25H2,1-7H3,(H,41,51)(H,42,52)(H,43,56)(H,44,57)(H,45,53)(H,46,54)(H,49,55)(H2,47,48,58)/t27-,28-,29?,30-,35?/m0/s1. The van der Waals surface area contributed by atoms with Gasteiger partial charge in [-0.1, -0.05) is 20.3 Å². The lowest BCUT2D eigenvalue weighted by Gasteiger charge is -2.30. The highest BCUT2D eigenvalue weighted by Gasteiger charge is 2.42. The van der Waals surface area contributed by atoms with Gasteiger partial charge in [0, 0.05) is 36.1 Å². The molecule has 0 bridgehead atoms. The fourth-order valence-corrected chi connectivity index (χ4v) is 8.39. The van der Waals surface area contributed by atoms with Gasteiger partial charge in [-0.2, -0.15) is 11.8 Å². The van der Waals surface area contributed by atoms with E-state index in [9.17, 15) is 38.4 Å². The van der Waals surface area contributed by atoms with Gasteiger partial charge in [0.1, 0.15) is 12.1 Å². The molecule has 2 rings (SSSR count). The molecule has 2 unspecified atom stereocenters. The van der Waals surface area contributed by atoms with Crippen LogP contribution in [0.25, 0.3) is 0 Å². The van der Waals surface area contributed by atoms with Gasteiger partial charge in [0.25, 0.3) is 0 Å². The van der Waals surface area contributed by atoms with Gasteiger partial charge in [-0.05, 0) is 99.2 Å². The first-order chi connectivity index (χ1) is 28.4. The summed E-state index contributed by atoms with van der Waals surface area (Å²) in [4.78, 5) is 99.9. The van der Waals surface area contributed by atoms with Crippen LogP contribution in [0.2, 0.25) is 0 Å². The van der Waals surface area contributed by atoms with E-state index in [2.05, 4.69) is 66.6 Å². The molecule has 0 spiro atoms. The molecule has 20 heteroatoms. The molecule has 2 heterocycles. The Morgan fingerprint density at radius 1 is 0.850 bits per heavy atom. The summed E-state index contributed by atoms with van der Waals surface area (Å²) in [6, 6.07) is -1.64. The van der Waals surface area contributed by atoms with E-state index in [1.807, 2.05) is 39.5 Å². The molecule has 2 aliphatic heterocycles. The summed E-state index contributed by atoms with van der Waals surface area (Å²) in [5.74, 6) is -1.85. The van der Waals surface area contributed by atoms with E-state index in [-0.39, 0.29) is 37.1 Å². The number of amides is 9. The third kappa shape index (κ3) is 20.9. The highest BCUT2D eigenvalue weighted by molar-refractivity contribution is 8.00. The summed E-state index contributed by atoms with van der Waals surface area (Å²) in [6.07, 6.45) is 6.30. The lowest BCUT2D eigenvalue weighted by atomic mass is 10.0. The van der Waals surface area contributed by atoms with Crippen molar-refractivity contribution in [3.05, 3.63) is 0 Å². The first-order valence-corrected chi connectivity index (χ1v) is 22.4. The number of urea groups is 1. The molecule has 9 N–H and O–H groups in total. The lowest BCUT2D eigenvalue weighted by Crippen LogP contribution is -2.54. The van der Waals surface area contributed by atoms with E-state index in [1.165, 1.54) is 6.92 Å². The van der Waals surface area contributed by atoms with Crippen LogP contribution >= 0.6 is 11.8 Å². The van der Waals surface area contributed by atoms with Crippen molar-refractivity contribution in [3.8, 4) is 0 Å². The predicted octanol–water partition coefficient (Wildman–Crippen LogP) is -0.221. The van der Waals surface area contributed by atoms with Crippen LogP contribution in [0.3, 0.4) is 0 Å². The summed E-state index contributed by atoms with van der Waals surface area (Å²) < 4.78 is 6.14. The number of fused-ring (bicyclic) bond motifs is 1. The van der Waals surface area contributed by atoms with Crippen molar-refractivity contribution in [2.45, 2.75) is 147 Å². The van der Waals surface area contributed by atoms with Crippen LogP contribution in [0.5, 0.6) is 0 Å². The Kier molecular flexibility index (Phi) is 23.3. The molecule has 19 nitrogen and oxygen atoms in total. The summed E-state index contributed by atoms with van der Waals surface area (Å²) in [5, 5.41) is 24.6. The third-order valence-electron chi connectivity index (χ3n) is 10.6. The molecule has 2 saturated heterocycles. The zero-order valence-electron chi connectivity index (χ0n) is 36.7. The quantitative estimate of drug-likeness (QED) is 0.0250. The highest BCUT2D eigenvalue weighted by Crippen LogP contribution is 2.33. The number of nitrogens with zero attached hydrogens (tertiary/aromatic N) is 1. The number of hydrogen-bond acceptors (Lipinski definition) is 11. The largest absolute Gasteiger partial charge is 0.375 e. The monoisotopic (exact) mass is 869 g/mol. The lowest BCUT2D eigenvalue weighted by molar-refractivity contribution is -0.132. The number of rotatable bonds is 31. The Bertz CT molecular complexity index is 1430. The molecule has 0 radical (unpaired) electrons. The normalized spacial score (nSPS) is 18.3. The molecule has 0 saturated carbocycles. The third-order valence-corrected chi connectivity index (χ3v) is 12.1. The van der Waals surface area contributed by atoms with Crippen LogP contribution in [-0.4, -0.2) is 152 Å². The molecule has 2 aliphatic rings. The predicted molar refractivity (Wildman–Crippen MR) is 230 cm³/mol. The van der Waals surface area contributed by atoms with Gasteiger partial charge >= 0.3 is 6.03 Å². The molecule has 5 atom stereocenters. The maximum absolute atomic E-state index is 13.3. The van der Waals surface area contributed by atoms with Gasteiger partial charge in [-0.25, -0.2) is 4.79 Å². The summed E-state index contributed by atoms with van der Waals surface area (Å²) in [5.41, 5.74) is -1.18. The van der Waals surface area contributed by atoms with Crippen LogP contribution in [0.15, 0.2) is 0 Å². The molecule has 9 amide bonds. The van der Waals surface area contributed by atoms with Crippen LogP contribution in [0.1, 0.15) is 106 Å². The smallest absolute Gasteiger partial charge is 0.315 e. The maximum Gasteiger partial charge on any atom is 0.315 e. The van der Waals surface area contributed by atoms with Gasteiger partial charge in [0.2, 0.25) is 41.9 Å². The first-order valence-electron chi connectivity index (χ1n) is 21.3. The van der Waals surface area contributed by atoms with E-state index >= 15 is 0 Å². The molecular weight excluding hydrogens is 797 g/mol. The number of thioether (sulfide) groups is 1. The first kappa shape index (κ1) is 52.0. The Hall–Kier alpha value is -4.17. The van der Waals surface area contributed by atoms with E-state index in [0.717, 1.165) is 51.1 Å². The zero-order chi connectivity index (χ0) is 44.7. The summed E-state index contributed by atoms with van der Waals surface area (Å²) >= 11 is 1.87. The number of unbranched alkanes of at least 4 members (excludes halogenated alkanes) is 2. The average Bonchev–Trinajstić information content (AvgIpc) is 3.74. The zero-order valence-corrected chi connectivity index (χ0v) is 37.5. The molecule has 0 aromatic rings. The number of carbonyl (C=O) groups is 8. The van der Waals surface area contributed by atoms with Crippen LogP contribution < -0.4 is 47.9 Å². The van der Waals surface area contributed by atoms with Crippen LogP contribution in [0.4, 0.5) is 4.79 Å². The number of nitrogens with one attached hydrogen (secondary N) is 9. The second-order valence-corrected chi connectivity index (χ2v) is 17.9. The minimum absolute atomic E-state index is 0.00275. The Morgan fingerprint density at radius 3 is 2.23 bits per heavy atom. The van der Waals surface area contributed by atoms with Gasteiger partial charge < -0.3 is 57.5 Å². The van der Waals surface area contributed by atoms with E-state index in [1.54, 1.807) is 0 Å². The highest BCUT2D eigenvalue weighted by atomic mass is 32.2. The molecule has 0 aliphatic carbocycles. The van der Waals surface area contributed by atoms with Crippen LogP contribution in [-0.2, 0) is 38.3 Å². The van der Waals surface area contributed by atoms with Gasteiger partial charge in [-0.3, -0.25) is 33.6 Å². The van der Waals surface area contributed by atoms with Crippen molar-refractivity contribution in [1.82, 2.24) is 52.8 Å². The van der Waals surface area contributed by atoms with Crippen molar-refractivity contribution in [3.63, 3.8) is 0 Å². The van der Waals surface area contributed by atoms with E-state index < -0.39 is 59.3 Å². The Labute approximate surface area is 359 Å². The van der Waals surface area contributed by atoms with Crippen molar-refractivity contribution in [2.75, 3.05) is 58.2 Å². The maximum atomic E-state index is 13.3. The number of hydrogen-bond donors (Lipinski definition) is 9. The molecule has 60 heavy (non-hydrogen) atoms. The van der Waals surface area contributed by atoms with E-state index in [4.69, 9.17) is 4.74 Å². The molecule has 342 valence electrons. The van der Waals surface area contributed by atoms with Crippen molar-refractivity contribution in [2.24, 2.45) is 0 Å². The molecule has 0 aromatic heterocycles. The van der Waals surface area contributed by atoms with Crippen molar-refractivity contribution in [1.29, 1.82) is 0 Å². The topological polar surface area (TPSA) is 257 Å². The van der Waals surface area contributed by atoms with Crippen LogP contribution in [0, 0.1) is 0 Å². The molecule has 0 aromatic carbocycles. The second kappa shape index (κ2) is 26.9. The number of ether oxygens (including phenoxy) is 1. The minimum Gasteiger partial charge on any atom is -0.375 e. The Morgan fingerprint density at radius 2 is 1.53 bits per heavy atom. The minimum atomic E-state index is -0.974. The SMILES string of the molecule is CCN(CC)CCCC[C@H](NC(=O)CNC(=O)[C@H](C)NC(=O)CNC=O)C(=O)NCC(=O)NC(C)(C)CCOC(C)(C)CCNC(=O)CCCC[C@@H]1SCC2NC(=O)NC21. The van der Waals surface area contributed by atoms with Crippen molar-refractivity contribution < 1.29 is 43.1 Å². The summed E-state index contributed by atoms with van der Waals surface area (Å²) in [7, 11) is 0. The van der Waals surface area contributed by atoms with Gasteiger partial charge in [-0.15, -0.1) is 0 Å². The number of carbonyl (C=O) groups excluding carboxylic acids is 8. The summed E-state index contributed by atoms with van der Waals surface area (Å²) in [6.45, 7) is 15.6.